The molecule has 0 aromatic carbocycles. The van der Waals surface area contributed by atoms with Crippen LogP contribution in [0.1, 0.15) is 27.7 Å². The fourth-order valence-electron chi connectivity index (χ4n) is 0.936. The third-order valence-electron chi connectivity index (χ3n) is 1.88. The van der Waals surface area contributed by atoms with Gasteiger partial charge in [-0.05, 0) is 27.7 Å². The maximum atomic E-state index is 10.4. The monoisotopic (exact) mass is 305 g/mol. The average molecular weight is 305 g/mol. The zero-order valence-electron chi connectivity index (χ0n) is 11.1. The van der Waals surface area contributed by atoms with Crippen LogP contribution in [0.15, 0.2) is 0 Å². The molecule has 0 unspecified atom stereocenters. The van der Waals surface area contributed by atoms with Crippen molar-refractivity contribution in [2.75, 3.05) is 0 Å². The molecule has 0 aliphatic rings. The van der Waals surface area contributed by atoms with Crippen LogP contribution in [0.4, 0.5) is 0 Å². The standard InChI is InChI=1S/2C6H7NO2.Mn/c2*1-4(8)6(3-7)5(2)9;/h2*6H,1-2H3;. The number of Topliss-reactive ketones (excluding diaryl/α,β-unsaturated/α-hetero) is 4. The van der Waals surface area contributed by atoms with E-state index in [4.69, 9.17) is 10.5 Å². The van der Waals surface area contributed by atoms with Crippen molar-refractivity contribution in [2.45, 2.75) is 27.7 Å². The number of hydrogen-bond donors (Lipinski definition) is 0. The first kappa shape index (κ1) is 22.4. The first-order valence-corrected chi connectivity index (χ1v) is 5.00. The van der Waals surface area contributed by atoms with Gasteiger partial charge < -0.3 is 0 Å². The normalized spacial score (nSPS) is 8.21. The number of carbonyl (C=O) groups excluding carboxylic acids is 4. The molecular formula is C12H14MnN2O4. The molecule has 7 heteroatoms. The first-order valence-electron chi connectivity index (χ1n) is 5.00. The van der Waals surface area contributed by atoms with E-state index in [9.17, 15) is 19.2 Å². The van der Waals surface area contributed by atoms with Gasteiger partial charge in [-0.1, -0.05) is 0 Å². The van der Waals surface area contributed by atoms with E-state index in [1.54, 1.807) is 12.1 Å². The van der Waals surface area contributed by atoms with Gasteiger partial charge >= 0.3 is 0 Å². The number of carbonyl (C=O) groups is 4. The minimum Gasteiger partial charge on any atom is -0.298 e. The molecule has 0 atom stereocenters. The molecule has 0 spiro atoms. The summed E-state index contributed by atoms with van der Waals surface area (Å²) < 4.78 is 0. The third kappa shape index (κ3) is 9.84. The van der Waals surface area contributed by atoms with Crippen LogP contribution in [0, 0.1) is 34.5 Å². The van der Waals surface area contributed by atoms with Crippen LogP contribution in [0.5, 0.6) is 0 Å². The Hall–Kier alpha value is -1.82. The predicted molar refractivity (Wildman–Crippen MR) is 60.9 cm³/mol. The van der Waals surface area contributed by atoms with Gasteiger partial charge in [0, 0.05) is 17.1 Å². The van der Waals surface area contributed by atoms with Crippen molar-refractivity contribution in [1.29, 1.82) is 10.5 Å². The molecule has 0 aromatic heterocycles. The topological polar surface area (TPSA) is 116 Å². The molecule has 0 aliphatic heterocycles. The van der Waals surface area contributed by atoms with Crippen LogP contribution < -0.4 is 0 Å². The largest absolute Gasteiger partial charge is 0.298 e. The second-order valence-electron chi connectivity index (χ2n) is 3.57. The fourth-order valence-corrected chi connectivity index (χ4v) is 0.936. The fraction of sp³-hybridized carbons (Fsp3) is 0.500. The summed E-state index contributed by atoms with van der Waals surface area (Å²) in [5.41, 5.74) is 0. The van der Waals surface area contributed by atoms with E-state index in [1.165, 1.54) is 27.7 Å². The van der Waals surface area contributed by atoms with E-state index in [-0.39, 0.29) is 40.2 Å². The second-order valence-corrected chi connectivity index (χ2v) is 3.57. The van der Waals surface area contributed by atoms with Crippen LogP contribution in [0.25, 0.3) is 0 Å². The molecular weight excluding hydrogens is 291 g/mol. The number of ketones is 4. The maximum Gasteiger partial charge on any atom is 0.162 e. The molecule has 0 bridgehead atoms. The van der Waals surface area contributed by atoms with Crippen molar-refractivity contribution in [3.8, 4) is 12.1 Å². The Bertz CT molecular complexity index is 376. The Kier molecular flexibility index (Phi) is 13.3. The van der Waals surface area contributed by atoms with Gasteiger partial charge in [0.25, 0.3) is 0 Å². The summed E-state index contributed by atoms with van der Waals surface area (Å²) >= 11 is 0. The third-order valence-corrected chi connectivity index (χ3v) is 1.88. The van der Waals surface area contributed by atoms with Crippen molar-refractivity contribution in [3.63, 3.8) is 0 Å². The van der Waals surface area contributed by atoms with Gasteiger partial charge in [-0.25, -0.2) is 0 Å². The summed E-state index contributed by atoms with van der Waals surface area (Å²) in [5, 5.41) is 16.4. The number of nitrogens with zero attached hydrogens (tertiary/aromatic N) is 2. The molecule has 1 radical (unpaired) electrons. The molecule has 0 aromatic rings. The van der Waals surface area contributed by atoms with Crippen LogP contribution in [-0.4, -0.2) is 23.1 Å². The Morgan fingerprint density at radius 3 is 0.842 bits per heavy atom. The maximum absolute atomic E-state index is 10.4. The van der Waals surface area contributed by atoms with Crippen LogP contribution in [0.3, 0.4) is 0 Å². The zero-order valence-corrected chi connectivity index (χ0v) is 12.2. The van der Waals surface area contributed by atoms with Crippen molar-refractivity contribution in [1.82, 2.24) is 0 Å². The predicted octanol–water partition coefficient (Wildman–Crippen LogP) is 0.606. The van der Waals surface area contributed by atoms with Crippen LogP contribution >= 0.6 is 0 Å². The Morgan fingerprint density at radius 2 is 0.842 bits per heavy atom. The first-order chi connectivity index (χ1) is 8.18. The molecule has 0 aliphatic carbocycles. The van der Waals surface area contributed by atoms with Crippen molar-refractivity contribution < 1.29 is 36.2 Å². The van der Waals surface area contributed by atoms with E-state index in [0.717, 1.165) is 0 Å². The smallest absolute Gasteiger partial charge is 0.162 e. The molecule has 0 heterocycles. The summed E-state index contributed by atoms with van der Waals surface area (Å²) in [6.07, 6.45) is 0. The van der Waals surface area contributed by atoms with Gasteiger partial charge in [0.1, 0.15) is 0 Å². The van der Waals surface area contributed by atoms with E-state index >= 15 is 0 Å². The van der Waals surface area contributed by atoms with E-state index in [0.29, 0.717) is 0 Å². The summed E-state index contributed by atoms with van der Waals surface area (Å²) in [4.78, 5) is 41.5. The average Bonchev–Trinajstić information content (AvgIpc) is 2.17. The van der Waals surface area contributed by atoms with E-state index < -0.39 is 11.8 Å². The molecule has 0 fully saturated rings. The molecule has 0 rings (SSSR count). The summed E-state index contributed by atoms with van der Waals surface area (Å²) in [7, 11) is 0. The van der Waals surface area contributed by atoms with Crippen LogP contribution in [0.2, 0.25) is 0 Å². The molecule has 103 valence electrons. The van der Waals surface area contributed by atoms with Crippen molar-refractivity contribution >= 4 is 23.1 Å². The molecule has 19 heavy (non-hydrogen) atoms. The molecule has 0 amide bonds. The van der Waals surface area contributed by atoms with Gasteiger partial charge in [-0.2, -0.15) is 10.5 Å². The van der Waals surface area contributed by atoms with Gasteiger partial charge in [-0.15, -0.1) is 0 Å². The minimum absolute atomic E-state index is 0. The molecule has 0 N–H and O–H groups in total. The van der Waals surface area contributed by atoms with E-state index in [1.807, 2.05) is 0 Å². The number of hydrogen-bond acceptors (Lipinski definition) is 6. The quantitative estimate of drug-likeness (QED) is 0.555. The van der Waals surface area contributed by atoms with Crippen molar-refractivity contribution in [2.24, 2.45) is 11.8 Å². The minimum atomic E-state index is -1.05. The Labute approximate surface area is 122 Å². The molecule has 6 nitrogen and oxygen atoms in total. The van der Waals surface area contributed by atoms with Gasteiger partial charge in [0.05, 0.1) is 12.1 Å². The summed E-state index contributed by atoms with van der Waals surface area (Å²) in [5.74, 6) is -3.64. The van der Waals surface area contributed by atoms with E-state index in [2.05, 4.69) is 0 Å². The summed E-state index contributed by atoms with van der Waals surface area (Å²) in [6.45, 7) is 4.93. The number of rotatable bonds is 4. The van der Waals surface area contributed by atoms with Gasteiger partial charge in [-0.3, -0.25) is 19.2 Å². The zero-order chi connectivity index (χ0) is 14.9. The Morgan fingerprint density at radius 1 is 0.684 bits per heavy atom. The van der Waals surface area contributed by atoms with Crippen LogP contribution in [-0.2, 0) is 36.2 Å². The molecule has 0 saturated heterocycles. The molecule has 0 saturated carbocycles. The Balaban J connectivity index is -0.000000256. The SMILES string of the molecule is CC(=O)C(C#N)C(C)=O.CC(=O)C(C#N)C(C)=O.[Mn]. The van der Waals surface area contributed by atoms with Gasteiger partial charge in [0.15, 0.2) is 35.0 Å². The van der Waals surface area contributed by atoms with Gasteiger partial charge in [0.2, 0.25) is 0 Å². The second kappa shape index (κ2) is 11.3. The number of nitriles is 2. The summed E-state index contributed by atoms with van der Waals surface area (Å²) in [6, 6.07) is 3.20. The van der Waals surface area contributed by atoms with Crippen molar-refractivity contribution in [3.05, 3.63) is 0 Å².